The normalized spacial score (nSPS) is 12.8. The molecule has 35 heavy (non-hydrogen) atoms. The van der Waals surface area contributed by atoms with Gasteiger partial charge in [0.25, 0.3) is 0 Å². The zero-order valence-corrected chi connectivity index (χ0v) is 22.2. The van der Waals surface area contributed by atoms with Crippen LogP contribution in [0.15, 0.2) is 40.9 Å². The lowest BCUT2D eigenvalue weighted by atomic mass is 10.2. The van der Waals surface area contributed by atoms with E-state index in [1.165, 1.54) is 6.07 Å². The molecule has 6 nitrogen and oxygen atoms in total. The van der Waals surface area contributed by atoms with Crippen LogP contribution in [0.25, 0.3) is 0 Å². The van der Waals surface area contributed by atoms with Gasteiger partial charge in [-0.3, -0.25) is 4.90 Å². The van der Waals surface area contributed by atoms with Gasteiger partial charge in [-0.2, -0.15) is 13.2 Å². The highest BCUT2D eigenvalue weighted by atomic mass is 79.9. The smallest absolute Gasteiger partial charge is 0.416 e. The van der Waals surface area contributed by atoms with Crippen LogP contribution in [0.4, 0.5) is 13.2 Å². The molecule has 0 amide bonds. The fraction of sp³-hybridized carbons (Fsp3) is 0.520. The van der Waals surface area contributed by atoms with Crippen molar-refractivity contribution >= 4 is 15.9 Å². The van der Waals surface area contributed by atoms with Gasteiger partial charge in [-0.1, -0.05) is 19.9 Å². The molecule has 0 fully saturated rings. The average Bonchev–Trinajstić information content (AvgIpc) is 2.81. The van der Waals surface area contributed by atoms with Crippen LogP contribution in [-0.2, 0) is 12.7 Å². The molecule has 0 spiro atoms. The van der Waals surface area contributed by atoms with Gasteiger partial charge in [0.2, 0.25) is 0 Å². The van der Waals surface area contributed by atoms with Crippen LogP contribution in [0.3, 0.4) is 0 Å². The number of alkyl halides is 3. The molecule has 0 saturated heterocycles. The van der Waals surface area contributed by atoms with Crippen molar-refractivity contribution < 1.29 is 32.5 Å². The molecule has 0 heterocycles. The van der Waals surface area contributed by atoms with Crippen LogP contribution in [0, 0.1) is 0 Å². The number of likely N-dealkylation sites (N-methyl/N-ethyl adjacent to an activating group) is 2. The van der Waals surface area contributed by atoms with E-state index in [1.807, 2.05) is 30.1 Å². The summed E-state index contributed by atoms with van der Waals surface area (Å²) in [4.78, 5) is 4.17. The highest BCUT2D eigenvalue weighted by Crippen LogP contribution is 2.35. The molecule has 2 aromatic carbocycles. The highest BCUT2D eigenvalue weighted by Gasteiger charge is 2.31. The zero-order valence-electron chi connectivity index (χ0n) is 20.6. The van der Waals surface area contributed by atoms with E-state index in [4.69, 9.17) is 14.2 Å². The molecule has 1 atom stereocenters. The first-order valence-electron chi connectivity index (χ1n) is 11.5. The summed E-state index contributed by atoms with van der Waals surface area (Å²) in [7, 11) is 3.43. The molecule has 0 bridgehead atoms. The van der Waals surface area contributed by atoms with Gasteiger partial charge in [-0.25, -0.2) is 0 Å². The molecule has 0 aliphatic carbocycles. The second-order valence-corrected chi connectivity index (χ2v) is 9.02. The first-order chi connectivity index (χ1) is 16.6. The van der Waals surface area contributed by atoms with E-state index >= 15 is 0 Å². The fourth-order valence-electron chi connectivity index (χ4n) is 3.52. The highest BCUT2D eigenvalue weighted by molar-refractivity contribution is 9.10. The van der Waals surface area contributed by atoms with Gasteiger partial charge >= 0.3 is 6.18 Å². The summed E-state index contributed by atoms with van der Waals surface area (Å²) in [5, 5.41) is 10.4. The Hall–Kier alpha value is -2.01. The average molecular weight is 563 g/mol. The van der Waals surface area contributed by atoms with E-state index in [-0.39, 0.29) is 18.9 Å². The van der Waals surface area contributed by atoms with Gasteiger partial charge in [-0.15, -0.1) is 0 Å². The molecule has 0 saturated carbocycles. The molecule has 1 unspecified atom stereocenters. The number of nitrogens with zero attached hydrogens (tertiary/aromatic N) is 2. The molecule has 10 heteroatoms. The minimum Gasteiger partial charge on any atom is -0.493 e. The number of ether oxygens (including phenoxy) is 3. The molecule has 2 rings (SSSR count). The van der Waals surface area contributed by atoms with Gasteiger partial charge in [-0.05, 0) is 72.0 Å². The molecular weight excluding hydrogens is 529 g/mol. The summed E-state index contributed by atoms with van der Waals surface area (Å²) in [6, 6.07) is 8.87. The third-order valence-electron chi connectivity index (χ3n) is 5.45. The third kappa shape index (κ3) is 9.51. The molecule has 0 aromatic heterocycles. The number of hydrogen-bond donors (Lipinski definition) is 1. The number of aliphatic hydroxyl groups excluding tert-OH is 1. The van der Waals surface area contributed by atoms with Crippen LogP contribution in [0.1, 0.15) is 25.0 Å². The van der Waals surface area contributed by atoms with Crippen LogP contribution < -0.4 is 14.2 Å². The van der Waals surface area contributed by atoms with E-state index in [9.17, 15) is 18.3 Å². The maximum Gasteiger partial charge on any atom is 0.416 e. The van der Waals surface area contributed by atoms with Gasteiger partial charge in [0.15, 0.2) is 11.5 Å². The molecule has 0 aliphatic heterocycles. The van der Waals surface area contributed by atoms with E-state index in [0.717, 1.165) is 37.3 Å². The topological polar surface area (TPSA) is 54.4 Å². The summed E-state index contributed by atoms with van der Waals surface area (Å²) in [6.45, 7) is 8.20. The molecule has 196 valence electrons. The number of methoxy groups -OCH3 is 1. The Morgan fingerprint density at radius 3 is 2.34 bits per heavy atom. The van der Waals surface area contributed by atoms with Gasteiger partial charge < -0.3 is 24.2 Å². The number of benzene rings is 2. The Morgan fingerprint density at radius 1 is 1.00 bits per heavy atom. The van der Waals surface area contributed by atoms with E-state index in [0.29, 0.717) is 29.1 Å². The maximum absolute atomic E-state index is 12.9. The molecule has 0 radical (unpaired) electrons. The summed E-state index contributed by atoms with van der Waals surface area (Å²) >= 11 is 3.18. The van der Waals surface area contributed by atoms with Crippen molar-refractivity contribution in [2.24, 2.45) is 0 Å². The van der Waals surface area contributed by atoms with Crippen LogP contribution in [0.2, 0.25) is 0 Å². The molecule has 1 N–H and O–H groups in total. The van der Waals surface area contributed by atoms with Crippen molar-refractivity contribution in [3.63, 3.8) is 0 Å². The van der Waals surface area contributed by atoms with Gasteiger partial charge in [0.05, 0.1) is 17.1 Å². The van der Waals surface area contributed by atoms with Crippen molar-refractivity contribution in [2.45, 2.75) is 32.7 Å². The second kappa shape index (κ2) is 13.9. The van der Waals surface area contributed by atoms with Gasteiger partial charge in [0.1, 0.15) is 25.1 Å². The van der Waals surface area contributed by atoms with Crippen molar-refractivity contribution in [1.82, 2.24) is 9.80 Å². The van der Waals surface area contributed by atoms with Crippen molar-refractivity contribution in [3.05, 3.63) is 52.0 Å². The van der Waals surface area contributed by atoms with Crippen molar-refractivity contribution in [1.29, 1.82) is 0 Å². The standard InChI is InChI=1S/C25H34BrF3N2O4/c1-5-31(6-2)11-12-34-22-10-7-18(13-24(22)33-4)15-30(3)16-20(32)17-35-23-14-19(25(27,28)29)8-9-21(23)26/h7-10,13-14,20,32H,5-6,11-12,15-17H2,1-4H3. The summed E-state index contributed by atoms with van der Waals surface area (Å²) in [5.74, 6) is 1.34. The maximum atomic E-state index is 12.9. The Bertz CT molecular complexity index is 926. The molecular formula is C25H34BrF3N2O4. The van der Waals surface area contributed by atoms with Crippen molar-refractivity contribution in [2.75, 3.05) is 53.6 Å². The Morgan fingerprint density at radius 2 is 1.71 bits per heavy atom. The Balaban J connectivity index is 1.88. The SMILES string of the molecule is CCN(CC)CCOc1ccc(CN(C)CC(O)COc2cc(C(F)(F)F)ccc2Br)cc1OC. The Labute approximate surface area is 213 Å². The van der Waals surface area contributed by atoms with E-state index in [1.54, 1.807) is 7.11 Å². The Kier molecular flexibility index (Phi) is 11.6. The van der Waals surface area contributed by atoms with E-state index in [2.05, 4.69) is 34.7 Å². The first-order valence-corrected chi connectivity index (χ1v) is 12.2. The van der Waals surface area contributed by atoms with Crippen molar-refractivity contribution in [3.8, 4) is 17.2 Å². The lowest BCUT2D eigenvalue weighted by Crippen LogP contribution is -2.32. The van der Waals surface area contributed by atoms with Crippen LogP contribution in [0.5, 0.6) is 17.2 Å². The monoisotopic (exact) mass is 562 g/mol. The van der Waals surface area contributed by atoms with Gasteiger partial charge in [0, 0.05) is 19.6 Å². The summed E-state index contributed by atoms with van der Waals surface area (Å²) in [6.07, 6.45) is -5.36. The number of rotatable bonds is 14. The summed E-state index contributed by atoms with van der Waals surface area (Å²) < 4.78 is 56.0. The molecule has 2 aromatic rings. The lowest BCUT2D eigenvalue weighted by molar-refractivity contribution is -0.137. The third-order valence-corrected chi connectivity index (χ3v) is 6.11. The predicted molar refractivity (Wildman–Crippen MR) is 133 cm³/mol. The number of aliphatic hydroxyl groups is 1. The lowest BCUT2D eigenvalue weighted by Gasteiger charge is -2.22. The minimum absolute atomic E-state index is 0.0304. The number of halogens is 4. The predicted octanol–water partition coefficient (Wildman–Crippen LogP) is 5.07. The quantitative estimate of drug-likeness (QED) is 0.347. The molecule has 0 aliphatic rings. The minimum atomic E-state index is -4.47. The zero-order chi connectivity index (χ0) is 26.0. The second-order valence-electron chi connectivity index (χ2n) is 8.17. The van der Waals surface area contributed by atoms with E-state index < -0.39 is 17.8 Å². The first kappa shape index (κ1) is 29.2. The van der Waals surface area contributed by atoms with Crippen LogP contribution in [-0.4, -0.2) is 74.6 Å². The van der Waals surface area contributed by atoms with Crippen LogP contribution >= 0.6 is 15.9 Å². The largest absolute Gasteiger partial charge is 0.493 e. The fourth-order valence-corrected chi connectivity index (χ4v) is 3.88. The summed E-state index contributed by atoms with van der Waals surface area (Å²) in [5.41, 5.74) is 0.158. The number of hydrogen-bond acceptors (Lipinski definition) is 6.